The maximum Gasteiger partial charge on any atom is 0.292 e. The van der Waals surface area contributed by atoms with E-state index in [9.17, 15) is 9.90 Å². The number of carbonyl (C=O) groups is 1. The molecule has 2 aromatic rings. The van der Waals surface area contributed by atoms with Gasteiger partial charge in [-0.2, -0.15) is 0 Å². The molecule has 2 aromatic carbocycles. The number of allylic oxidation sites excluding steroid dienone is 1. The van der Waals surface area contributed by atoms with Crippen molar-refractivity contribution in [2.75, 3.05) is 58.5 Å². The second-order valence-corrected chi connectivity index (χ2v) is 9.08. The summed E-state index contributed by atoms with van der Waals surface area (Å²) in [5.74, 6) is 0.900. The molecule has 1 aliphatic rings. The fourth-order valence-electron chi connectivity index (χ4n) is 3.86. The zero-order valence-corrected chi connectivity index (χ0v) is 23.4. The second kappa shape index (κ2) is 16.7. The summed E-state index contributed by atoms with van der Waals surface area (Å²) in [6.45, 7) is 10.7. The summed E-state index contributed by atoms with van der Waals surface area (Å²) in [6, 6.07) is 15.8. The zero-order valence-electron chi connectivity index (χ0n) is 22.6. The van der Waals surface area contributed by atoms with Crippen LogP contribution in [0, 0.1) is 0 Å². The molecule has 0 aromatic heterocycles. The van der Waals surface area contributed by atoms with Crippen molar-refractivity contribution in [2.45, 2.75) is 26.0 Å². The molecule has 10 heteroatoms. The summed E-state index contributed by atoms with van der Waals surface area (Å²) in [5, 5.41) is 16.8. The van der Waals surface area contributed by atoms with Crippen LogP contribution in [0.4, 0.5) is 5.69 Å². The van der Waals surface area contributed by atoms with Crippen LogP contribution in [-0.4, -0.2) is 82.3 Å². The summed E-state index contributed by atoms with van der Waals surface area (Å²) >= 11 is 6.01. The molecule has 0 spiro atoms. The number of nitrogens with zero attached hydrogens (tertiary/aromatic N) is 3. The number of rotatable bonds is 11. The van der Waals surface area contributed by atoms with Gasteiger partial charge in [0.25, 0.3) is 5.91 Å². The Morgan fingerprint density at radius 2 is 1.87 bits per heavy atom. The normalized spacial score (nSPS) is 15.2. The molecular weight excluding hydrogens is 508 g/mol. The number of nitrogens with one attached hydrogen (secondary N) is 1. The Morgan fingerprint density at radius 3 is 2.42 bits per heavy atom. The number of benzene rings is 2. The van der Waals surface area contributed by atoms with E-state index in [-0.39, 0.29) is 17.7 Å². The Hall–Kier alpha value is -3.11. The van der Waals surface area contributed by atoms with E-state index < -0.39 is 6.10 Å². The van der Waals surface area contributed by atoms with E-state index in [0.29, 0.717) is 31.3 Å². The van der Waals surface area contributed by atoms with Crippen LogP contribution >= 0.6 is 11.6 Å². The standard InChI is InChI=1S/C15H18ClN3O2.C13H21NO3/c1-3-14(21-17-2)15(20)19-9-7-18(8-10-19)13-6-4-5-12(16)11-13;1-10(14-8-12(15)9-16-2)11-4-6-13(17-3)7-5-11/h3-6,11H,2,7-10H2,1H3;4-7,10,12,14-15H,8-9H2,1-3H3/b14-3-;/t;10-,12?/m.1/s1. The molecule has 1 amide bonds. The van der Waals surface area contributed by atoms with Gasteiger partial charge >= 0.3 is 0 Å². The van der Waals surface area contributed by atoms with Gasteiger partial charge in [-0.15, -0.1) is 0 Å². The molecule has 0 aliphatic carbocycles. The van der Waals surface area contributed by atoms with E-state index >= 15 is 0 Å². The lowest BCUT2D eigenvalue weighted by Gasteiger charge is -2.36. The van der Waals surface area contributed by atoms with Crippen molar-refractivity contribution in [3.8, 4) is 5.75 Å². The van der Waals surface area contributed by atoms with E-state index in [1.807, 2.05) is 48.5 Å². The van der Waals surface area contributed by atoms with Crippen molar-refractivity contribution in [1.29, 1.82) is 0 Å². The summed E-state index contributed by atoms with van der Waals surface area (Å²) in [5.41, 5.74) is 2.24. The largest absolute Gasteiger partial charge is 0.497 e. The van der Waals surface area contributed by atoms with Gasteiger partial charge in [-0.1, -0.05) is 35.0 Å². The number of anilines is 1. The number of ether oxygens (including phenoxy) is 2. The smallest absolute Gasteiger partial charge is 0.292 e. The number of amides is 1. The summed E-state index contributed by atoms with van der Waals surface area (Å²) in [4.78, 5) is 21.1. The van der Waals surface area contributed by atoms with Gasteiger partial charge in [0, 0.05) is 63.3 Å². The molecule has 1 heterocycles. The Bertz CT molecular complexity index is 1030. The van der Waals surface area contributed by atoms with Crippen LogP contribution < -0.4 is 15.0 Å². The number of aliphatic hydroxyl groups is 1. The number of aliphatic hydroxyl groups excluding tert-OH is 1. The highest BCUT2D eigenvalue weighted by Crippen LogP contribution is 2.21. The molecule has 1 aliphatic heterocycles. The third kappa shape index (κ3) is 9.98. The fraction of sp³-hybridized carbons (Fsp3) is 0.429. The molecular formula is C28H39ClN4O5. The number of halogens is 1. The lowest BCUT2D eigenvalue weighted by molar-refractivity contribution is -0.131. The highest BCUT2D eigenvalue weighted by atomic mass is 35.5. The van der Waals surface area contributed by atoms with Crippen molar-refractivity contribution in [3.63, 3.8) is 0 Å². The number of hydrogen-bond acceptors (Lipinski definition) is 8. The molecule has 9 nitrogen and oxygen atoms in total. The van der Waals surface area contributed by atoms with Crippen molar-refractivity contribution < 1.29 is 24.2 Å². The highest BCUT2D eigenvalue weighted by molar-refractivity contribution is 6.30. The first kappa shape index (κ1) is 31.1. The van der Waals surface area contributed by atoms with Crippen LogP contribution in [-0.2, 0) is 14.4 Å². The average molecular weight is 547 g/mol. The van der Waals surface area contributed by atoms with Crippen LogP contribution in [0.2, 0.25) is 5.02 Å². The maximum absolute atomic E-state index is 12.2. The molecule has 0 saturated carbocycles. The number of carbonyl (C=O) groups excluding carboxylic acids is 1. The summed E-state index contributed by atoms with van der Waals surface area (Å²) in [6.07, 6.45) is 1.13. The van der Waals surface area contributed by atoms with E-state index in [1.165, 1.54) is 0 Å². The summed E-state index contributed by atoms with van der Waals surface area (Å²) < 4.78 is 9.97. The molecule has 0 bridgehead atoms. The van der Waals surface area contributed by atoms with E-state index in [2.05, 4.69) is 29.0 Å². The van der Waals surface area contributed by atoms with Gasteiger partial charge in [-0.3, -0.25) is 4.79 Å². The van der Waals surface area contributed by atoms with Crippen molar-refractivity contribution in [2.24, 2.45) is 5.16 Å². The minimum absolute atomic E-state index is 0.157. The van der Waals surface area contributed by atoms with Crippen LogP contribution in [0.25, 0.3) is 0 Å². The first-order valence-corrected chi connectivity index (χ1v) is 12.8. The van der Waals surface area contributed by atoms with Crippen molar-refractivity contribution in [3.05, 3.63) is 71.0 Å². The first-order chi connectivity index (χ1) is 18.3. The van der Waals surface area contributed by atoms with E-state index in [0.717, 1.165) is 30.1 Å². The lowest BCUT2D eigenvalue weighted by atomic mass is 10.1. The van der Waals surface area contributed by atoms with Gasteiger partial charge in [-0.05, 0) is 55.8 Å². The third-order valence-electron chi connectivity index (χ3n) is 6.01. The van der Waals surface area contributed by atoms with Gasteiger partial charge in [0.1, 0.15) is 5.75 Å². The fourth-order valence-corrected chi connectivity index (χ4v) is 4.04. The van der Waals surface area contributed by atoms with Crippen LogP contribution in [0.15, 0.2) is 65.5 Å². The number of methoxy groups -OCH3 is 2. The van der Waals surface area contributed by atoms with Crippen LogP contribution in [0.3, 0.4) is 0 Å². The zero-order chi connectivity index (χ0) is 27.9. The number of oxime groups is 1. The predicted molar refractivity (Wildman–Crippen MR) is 152 cm³/mol. The molecule has 1 unspecified atom stereocenters. The van der Waals surface area contributed by atoms with Gasteiger partial charge in [0.15, 0.2) is 0 Å². The van der Waals surface area contributed by atoms with Gasteiger partial charge in [-0.25, -0.2) is 0 Å². The van der Waals surface area contributed by atoms with Gasteiger partial charge in [0.2, 0.25) is 5.76 Å². The Balaban J connectivity index is 0.000000273. The van der Waals surface area contributed by atoms with Gasteiger partial charge in [0.05, 0.1) is 19.8 Å². The number of hydrogen-bond donors (Lipinski definition) is 2. The number of piperazine rings is 1. The molecule has 2 atom stereocenters. The molecule has 208 valence electrons. The topological polar surface area (TPSA) is 95.9 Å². The molecule has 38 heavy (non-hydrogen) atoms. The maximum atomic E-state index is 12.2. The second-order valence-electron chi connectivity index (χ2n) is 8.64. The first-order valence-electron chi connectivity index (χ1n) is 12.5. The van der Waals surface area contributed by atoms with Gasteiger partial charge < -0.3 is 34.5 Å². The minimum atomic E-state index is -0.472. The summed E-state index contributed by atoms with van der Waals surface area (Å²) in [7, 11) is 3.23. The molecule has 1 fully saturated rings. The van der Waals surface area contributed by atoms with E-state index in [4.69, 9.17) is 25.9 Å². The minimum Gasteiger partial charge on any atom is -0.497 e. The van der Waals surface area contributed by atoms with Crippen molar-refractivity contribution >= 4 is 29.9 Å². The molecule has 1 saturated heterocycles. The average Bonchev–Trinajstić information content (AvgIpc) is 2.95. The van der Waals surface area contributed by atoms with E-state index in [1.54, 1.807) is 32.1 Å². The molecule has 3 rings (SSSR count). The lowest BCUT2D eigenvalue weighted by Crippen LogP contribution is -2.49. The Morgan fingerprint density at radius 1 is 1.18 bits per heavy atom. The predicted octanol–water partition coefficient (Wildman–Crippen LogP) is 3.88. The van der Waals surface area contributed by atoms with Crippen molar-refractivity contribution in [1.82, 2.24) is 10.2 Å². The third-order valence-corrected chi connectivity index (χ3v) is 6.25. The molecule has 0 radical (unpaired) electrons. The quantitative estimate of drug-likeness (QED) is 0.191. The van der Waals surface area contributed by atoms with Crippen LogP contribution in [0.1, 0.15) is 25.5 Å². The van der Waals surface area contributed by atoms with Crippen LogP contribution in [0.5, 0.6) is 5.75 Å². The molecule has 2 N–H and O–H groups in total. The SMILES string of the molecule is C=NO/C(=C\C)C(=O)N1CCN(c2cccc(Cl)c2)CC1.COCC(O)CN[C@H](C)c1ccc(OC)cc1. The Kier molecular flexibility index (Phi) is 13.7. The Labute approximate surface area is 230 Å². The monoisotopic (exact) mass is 546 g/mol. The highest BCUT2D eigenvalue weighted by Gasteiger charge is 2.24.